The fourth-order valence-electron chi connectivity index (χ4n) is 2.43. The van der Waals surface area contributed by atoms with E-state index in [1.165, 1.54) is 15.3 Å². The third kappa shape index (κ3) is 3.23. The second-order valence-corrected chi connectivity index (χ2v) is 6.88. The molecule has 0 aliphatic rings. The van der Waals surface area contributed by atoms with Gasteiger partial charge in [-0.05, 0) is 40.1 Å². The van der Waals surface area contributed by atoms with Crippen LogP contribution in [0.5, 0.6) is 0 Å². The predicted molar refractivity (Wildman–Crippen MR) is 89.2 cm³/mol. The summed E-state index contributed by atoms with van der Waals surface area (Å²) in [5, 5.41) is 4.13. The molecule has 0 spiro atoms. The van der Waals surface area contributed by atoms with E-state index in [0.29, 0.717) is 5.56 Å². The molecule has 4 heteroatoms. The lowest BCUT2D eigenvalue weighted by atomic mass is 9.95. The van der Waals surface area contributed by atoms with Gasteiger partial charge in [-0.15, -0.1) is 22.7 Å². The average Bonchev–Trinajstić information content (AvgIpc) is 3.13. The highest BCUT2D eigenvalue weighted by molar-refractivity contribution is 7.10. The molecule has 2 nitrogen and oxygen atoms in total. The Bertz CT molecular complexity index is 730. The number of rotatable bonds is 5. The smallest absolute Gasteiger partial charge is 0.248 e. The third-order valence-corrected chi connectivity index (χ3v) is 5.17. The zero-order valence-electron chi connectivity index (χ0n) is 11.4. The number of thiophene rings is 2. The third-order valence-electron chi connectivity index (χ3n) is 3.41. The number of nitrogens with two attached hydrogens (primary N) is 1. The Labute approximate surface area is 131 Å². The molecule has 0 saturated heterocycles. The Balaban J connectivity index is 2.01. The van der Waals surface area contributed by atoms with Crippen molar-refractivity contribution in [1.29, 1.82) is 0 Å². The van der Waals surface area contributed by atoms with Crippen LogP contribution in [0.3, 0.4) is 0 Å². The Morgan fingerprint density at radius 3 is 2.14 bits per heavy atom. The molecule has 2 aromatic heterocycles. The van der Waals surface area contributed by atoms with Gasteiger partial charge in [0.05, 0.1) is 0 Å². The highest BCUT2D eigenvalue weighted by Gasteiger charge is 2.14. The van der Waals surface area contributed by atoms with Gasteiger partial charge in [0.15, 0.2) is 0 Å². The maximum absolute atomic E-state index is 11.7. The first-order valence-electron chi connectivity index (χ1n) is 6.69. The molecule has 0 radical (unpaired) electrons. The molecule has 3 aromatic rings. The first-order chi connectivity index (χ1) is 10.2. The van der Waals surface area contributed by atoms with Crippen LogP contribution in [-0.2, 0) is 12.8 Å². The summed E-state index contributed by atoms with van der Waals surface area (Å²) in [4.78, 5) is 14.3. The number of carbonyl (C=O) groups is 1. The Kier molecular flexibility index (Phi) is 4.18. The van der Waals surface area contributed by atoms with Crippen LogP contribution >= 0.6 is 22.7 Å². The van der Waals surface area contributed by atoms with E-state index in [1.54, 1.807) is 22.7 Å². The number of hydrogen-bond donors (Lipinski definition) is 1. The van der Waals surface area contributed by atoms with Gasteiger partial charge < -0.3 is 5.73 Å². The predicted octanol–water partition coefficient (Wildman–Crippen LogP) is 4.09. The van der Waals surface area contributed by atoms with Gasteiger partial charge in [-0.3, -0.25) is 4.79 Å². The molecule has 2 heterocycles. The summed E-state index contributed by atoms with van der Waals surface area (Å²) >= 11 is 3.44. The van der Waals surface area contributed by atoms with E-state index < -0.39 is 0 Å². The molecule has 0 unspecified atom stereocenters. The molecule has 0 atom stereocenters. The summed E-state index contributed by atoms with van der Waals surface area (Å²) in [5.41, 5.74) is 8.43. The van der Waals surface area contributed by atoms with Gasteiger partial charge in [0, 0.05) is 28.2 Å². The molecule has 21 heavy (non-hydrogen) atoms. The summed E-state index contributed by atoms with van der Waals surface area (Å²) in [6, 6.07) is 14.1. The summed E-state index contributed by atoms with van der Waals surface area (Å²) in [6.45, 7) is 0. The molecule has 1 amide bonds. The number of amides is 1. The Morgan fingerprint density at radius 1 is 0.905 bits per heavy atom. The summed E-state index contributed by atoms with van der Waals surface area (Å²) in [5.74, 6) is -0.352. The van der Waals surface area contributed by atoms with Gasteiger partial charge in [-0.2, -0.15) is 0 Å². The number of carbonyl (C=O) groups excluding carboxylic acids is 1. The number of primary amides is 1. The van der Waals surface area contributed by atoms with Gasteiger partial charge in [0.25, 0.3) is 0 Å². The fourth-order valence-corrected chi connectivity index (χ4v) is 3.87. The quantitative estimate of drug-likeness (QED) is 0.757. The minimum atomic E-state index is -0.352. The second kappa shape index (κ2) is 6.24. The molecule has 3 rings (SSSR count). The van der Waals surface area contributed by atoms with Gasteiger partial charge in [-0.25, -0.2) is 0 Å². The second-order valence-electron chi connectivity index (χ2n) is 4.82. The van der Waals surface area contributed by atoms with E-state index in [0.717, 1.165) is 18.4 Å². The van der Waals surface area contributed by atoms with Crippen LogP contribution < -0.4 is 5.73 Å². The van der Waals surface area contributed by atoms with E-state index in [1.807, 2.05) is 18.2 Å². The van der Waals surface area contributed by atoms with Crippen LogP contribution in [0.2, 0.25) is 0 Å². The van der Waals surface area contributed by atoms with Crippen molar-refractivity contribution < 1.29 is 4.79 Å². The summed E-state index contributed by atoms with van der Waals surface area (Å²) < 4.78 is 0. The van der Waals surface area contributed by atoms with Crippen LogP contribution in [0.1, 0.15) is 31.2 Å². The summed E-state index contributed by atoms with van der Waals surface area (Å²) in [7, 11) is 0. The molecular formula is C17H15NOS2. The van der Waals surface area contributed by atoms with Crippen LogP contribution in [0.4, 0.5) is 0 Å². The highest BCUT2D eigenvalue weighted by atomic mass is 32.1. The maximum Gasteiger partial charge on any atom is 0.248 e. The van der Waals surface area contributed by atoms with Crippen molar-refractivity contribution in [3.63, 3.8) is 0 Å². The molecule has 1 aromatic carbocycles. The van der Waals surface area contributed by atoms with E-state index in [4.69, 9.17) is 5.73 Å². The standard InChI is InChI=1S/C17H15NOS2/c18-17(19)15-7-1-4-12(10-13-5-2-8-20-13)16(15)11-14-6-3-9-21-14/h1-9H,10-11H2,(H2,18,19). The summed E-state index contributed by atoms with van der Waals surface area (Å²) in [6.07, 6.45) is 1.61. The van der Waals surface area contributed by atoms with E-state index >= 15 is 0 Å². The van der Waals surface area contributed by atoms with Crippen molar-refractivity contribution in [2.24, 2.45) is 5.73 Å². The minimum absolute atomic E-state index is 0.352. The van der Waals surface area contributed by atoms with Crippen LogP contribution in [0.15, 0.2) is 53.2 Å². The Morgan fingerprint density at radius 2 is 1.57 bits per heavy atom. The monoisotopic (exact) mass is 313 g/mol. The molecule has 0 fully saturated rings. The molecule has 106 valence electrons. The van der Waals surface area contributed by atoms with Gasteiger partial charge in [0.1, 0.15) is 0 Å². The van der Waals surface area contributed by atoms with E-state index in [2.05, 4.69) is 35.0 Å². The number of hydrogen-bond acceptors (Lipinski definition) is 3. The highest BCUT2D eigenvalue weighted by Crippen LogP contribution is 2.25. The first kappa shape index (κ1) is 14.0. The minimum Gasteiger partial charge on any atom is -0.366 e. The van der Waals surface area contributed by atoms with Crippen molar-refractivity contribution >= 4 is 28.6 Å². The first-order valence-corrected chi connectivity index (χ1v) is 8.45. The molecular weight excluding hydrogens is 298 g/mol. The zero-order valence-corrected chi connectivity index (χ0v) is 13.0. The zero-order chi connectivity index (χ0) is 14.7. The Hall–Kier alpha value is -1.91. The molecule has 0 aliphatic carbocycles. The average molecular weight is 313 g/mol. The maximum atomic E-state index is 11.7. The molecule has 2 N–H and O–H groups in total. The lowest BCUT2D eigenvalue weighted by molar-refractivity contribution is 0.0999. The lowest BCUT2D eigenvalue weighted by Gasteiger charge is -2.12. The fraction of sp³-hybridized carbons (Fsp3) is 0.118. The molecule has 0 saturated carbocycles. The van der Waals surface area contributed by atoms with E-state index in [9.17, 15) is 4.79 Å². The van der Waals surface area contributed by atoms with Crippen molar-refractivity contribution in [3.8, 4) is 0 Å². The molecule has 0 bridgehead atoms. The number of benzene rings is 1. The van der Waals surface area contributed by atoms with Crippen LogP contribution in [-0.4, -0.2) is 5.91 Å². The van der Waals surface area contributed by atoms with Crippen LogP contribution in [0.25, 0.3) is 0 Å². The topological polar surface area (TPSA) is 43.1 Å². The van der Waals surface area contributed by atoms with Crippen molar-refractivity contribution in [1.82, 2.24) is 0 Å². The lowest BCUT2D eigenvalue weighted by Crippen LogP contribution is -2.15. The largest absolute Gasteiger partial charge is 0.366 e. The molecule has 0 aliphatic heterocycles. The van der Waals surface area contributed by atoms with Crippen LogP contribution in [0, 0.1) is 0 Å². The van der Waals surface area contributed by atoms with Crippen molar-refractivity contribution in [3.05, 3.63) is 79.7 Å². The van der Waals surface area contributed by atoms with Gasteiger partial charge in [-0.1, -0.05) is 24.3 Å². The van der Waals surface area contributed by atoms with Gasteiger partial charge >= 0.3 is 0 Å². The SMILES string of the molecule is NC(=O)c1cccc(Cc2cccs2)c1Cc1cccs1. The van der Waals surface area contributed by atoms with Crippen molar-refractivity contribution in [2.75, 3.05) is 0 Å². The normalized spacial score (nSPS) is 10.7. The van der Waals surface area contributed by atoms with Gasteiger partial charge in [0.2, 0.25) is 5.91 Å². The van der Waals surface area contributed by atoms with Crippen molar-refractivity contribution in [2.45, 2.75) is 12.8 Å². The van der Waals surface area contributed by atoms with E-state index in [-0.39, 0.29) is 5.91 Å².